The fourth-order valence-corrected chi connectivity index (χ4v) is 1.78. The Balaban J connectivity index is 2.54. The van der Waals surface area contributed by atoms with Crippen molar-refractivity contribution in [3.63, 3.8) is 0 Å². The summed E-state index contributed by atoms with van der Waals surface area (Å²) in [6.45, 7) is 4.12. The van der Waals surface area contributed by atoms with Gasteiger partial charge in [0, 0.05) is 5.69 Å². The van der Waals surface area contributed by atoms with E-state index < -0.39 is 0 Å². The Bertz CT molecular complexity index is 474. The average Bonchev–Trinajstić information content (AvgIpc) is 2.60. The predicted molar refractivity (Wildman–Crippen MR) is 62.6 cm³/mol. The highest BCUT2D eigenvalue weighted by Gasteiger charge is 2.06. The van der Waals surface area contributed by atoms with Gasteiger partial charge in [-0.15, -0.1) is 11.6 Å². The van der Waals surface area contributed by atoms with Gasteiger partial charge in [0.1, 0.15) is 0 Å². The van der Waals surface area contributed by atoms with Crippen LogP contribution in [0.4, 0.5) is 0 Å². The van der Waals surface area contributed by atoms with Crippen molar-refractivity contribution in [2.45, 2.75) is 19.7 Å². The summed E-state index contributed by atoms with van der Waals surface area (Å²) in [5.74, 6) is 0.458. The number of hydrogen-bond acceptors (Lipinski definition) is 1. The number of alkyl halides is 1. The minimum absolute atomic E-state index is 0.458. The number of hydrogen-bond donors (Lipinski definition) is 0. The van der Waals surface area contributed by atoms with E-state index in [1.807, 2.05) is 29.8 Å². The lowest BCUT2D eigenvalue weighted by molar-refractivity contribution is 0.824. The summed E-state index contributed by atoms with van der Waals surface area (Å²) in [5, 5.41) is 4.44. The number of aromatic nitrogens is 2. The summed E-state index contributed by atoms with van der Waals surface area (Å²) < 4.78 is 1.94. The maximum Gasteiger partial charge on any atom is 0.0779 e. The normalized spacial score (nSPS) is 10.6. The molecule has 3 heteroatoms. The highest BCUT2D eigenvalue weighted by molar-refractivity contribution is 6.16. The number of nitrogens with zero attached hydrogens (tertiary/aromatic N) is 2. The standard InChI is InChI=1S/C12H13ClN2/c1-9-5-3-4-6-12(9)15-10(2)7-11(8-13)14-15/h3-7H,8H2,1-2H3. The Morgan fingerprint density at radius 1 is 1.27 bits per heavy atom. The van der Waals surface area contributed by atoms with Gasteiger partial charge < -0.3 is 0 Å². The van der Waals surface area contributed by atoms with E-state index in [0.29, 0.717) is 5.88 Å². The van der Waals surface area contributed by atoms with E-state index in [2.05, 4.69) is 24.2 Å². The van der Waals surface area contributed by atoms with Gasteiger partial charge in [0.15, 0.2) is 0 Å². The molecule has 2 rings (SSSR count). The molecule has 2 nitrogen and oxygen atoms in total. The van der Waals surface area contributed by atoms with Gasteiger partial charge in [0.2, 0.25) is 0 Å². The van der Waals surface area contributed by atoms with Crippen LogP contribution in [0.5, 0.6) is 0 Å². The molecule has 0 aliphatic rings. The number of benzene rings is 1. The third-order valence-corrected chi connectivity index (χ3v) is 2.69. The average molecular weight is 221 g/mol. The summed E-state index contributed by atoms with van der Waals surface area (Å²) in [6.07, 6.45) is 0. The molecule has 15 heavy (non-hydrogen) atoms. The zero-order valence-electron chi connectivity index (χ0n) is 8.87. The summed E-state index contributed by atoms with van der Waals surface area (Å²) in [7, 11) is 0. The molecule has 0 amide bonds. The SMILES string of the molecule is Cc1ccccc1-n1nc(CCl)cc1C. The lowest BCUT2D eigenvalue weighted by Gasteiger charge is -2.07. The molecular formula is C12H13ClN2. The molecule has 0 N–H and O–H groups in total. The summed E-state index contributed by atoms with van der Waals surface area (Å²) in [6, 6.07) is 10.2. The molecule has 0 bridgehead atoms. The maximum absolute atomic E-state index is 5.76. The van der Waals surface area contributed by atoms with Gasteiger partial charge in [-0.25, -0.2) is 4.68 Å². The van der Waals surface area contributed by atoms with Crippen LogP contribution in [0.3, 0.4) is 0 Å². The molecule has 1 heterocycles. The van der Waals surface area contributed by atoms with Gasteiger partial charge in [0.25, 0.3) is 0 Å². The Kier molecular flexibility index (Phi) is 2.78. The number of para-hydroxylation sites is 1. The van der Waals surface area contributed by atoms with Crippen molar-refractivity contribution in [1.29, 1.82) is 0 Å². The highest BCUT2D eigenvalue weighted by Crippen LogP contribution is 2.16. The number of aryl methyl sites for hydroxylation is 2. The molecule has 0 saturated heterocycles. The van der Waals surface area contributed by atoms with Gasteiger partial charge in [0.05, 0.1) is 17.3 Å². The molecule has 0 fully saturated rings. The van der Waals surface area contributed by atoms with Crippen molar-refractivity contribution in [2.24, 2.45) is 0 Å². The number of halogens is 1. The molecule has 1 aromatic carbocycles. The second-order valence-corrected chi connectivity index (χ2v) is 3.88. The van der Waals surface area contributed by atoms with E-state index >= 15 is 0 Å². The third-order valence-electron chi connectivity index (χ3n) is 2.42. The molecule has 0 aliphatic heterocycles. The summed E-state index contributed by atoms with van der Waals surface area (Å²) >= 11 is 5.76. The molecule has 0 radical (unpaired) electrons. The minimum atomic E-state index is 0.458. The molecule has 0 saturated carbocycles. The topological polar surface area (TPSA) is 17.8 Å². The predicted octanol–water partition coefficient (Wildman–Crippen LogP) is 3.23. The van der Waals surface area contributed by atoms with Gasteiger partial charge >= 0.3 is 0 Å². The van der Waals surface area contributed by atoms with Crippen molar-refractivity contribution in [3.05, 3.63) is 47.3 Å². The first-order chi connectivity index (χ1) is 7.22. The second-order valence-electron chi connectivity index (χ2n) is 3.61. The lowest BCUT2D eigenvalue weighted by atomic mass is 10.2. The first kappa shape index (κ1) is 10.2. The molecule has 0 unspecified atom stereocenters. The molecular weight excluding hydrogens is 208 g/mol. The Labute approximate surface area is 94.5 Å². The zero-order valence-corrected chi connectivity index (χ0v) is 9.62. The van der Waals surface area contributed by atoms with Crippen molar-refractivity contribution < 1.29 is 0 Å². The fraction of sp³-hybridized carbons (Fsp3) is 0.250. The molecule has 0 atom stereocenters. The third kappa shape index (κ3) is 1.90. The quantitative estimate of drug-likeness (QED) is 0.711. The van der Waals surface area contributed by atoms with Crippen molar-refractivity contribution in [1.82, 2.24) is 9.78 Å². The Morgan fingerprint density at radius 3 is 2.60 bits per heavy atom. The monoisotopic (exact) mass is 220 g/mol. The molecule has 78 valence electrons. The Hall–Kier alpha value is -1.28. The molecule has 1 aromatic heterocycles. The van der Waals surface area contributed by atoms with Crippen LogP contribution in [0.15, 0.2) is 30.3 Å². The van der Waals surface area contributed by atoms with Crippen LogP contribution in [0.1, 0.15) is 17.0 Å². The van der Waals surface area contributed by atoms with Crippen molar-refractivity contribution in [3.8, 4) is 5.69 Å². The lowest BCUT2D eigenvalue weighted by Crippen LogP contribution is -2.01. The molecule has 0 aliphatic carbocycles. The van der Waals surface area contributed by atoms with Crippen LogP contribution in [0.2, 0.25) is 0 Å². The number of rotatable bonds is 2. The van der Waals surface area contributed by atoms with E-state index in [0.717, 1.165) is 17.1 Å². The Morgan fingerprint density at radius 2 is 2.00 bits per heavy atom. The molecule has 2 aromatic rings. The highest BCUT2D eigenvalue weighted by atomic mass is 35.5. The van der Waals surface area contributed by atoms with Crippen LogP contribution in [-0.4, -0.2) is 9.78 Å². The summed E-state index contributed by atoms with van der Waals surface area (Å²) in [5.41, 5.74) is 4.36. The van der Waals surface area contributed by atoms with Crippen LogP contribution in [-0.2, 0) is 5.88 Å². The van der Waals surface area contributed by atoms with Gasteiger partial charge in [-0.05, 0) is 31.5 Å². The van der Waals surface area contributed by atoms with E-state index in [4.69, 9.17) is 11.6 Å². The molecule has 0 spiro atoms. The van der Waals surface area contributed by atoms with Crippen molar-refractivity contribution >= 4 is 11.6 Å². The summed E-state index contributed by atoms with van der Waals surface area (Å²) in [4.78, 5) is 0. The smallest absolute Gasteiger partial charge is 0.0779 e. The largest absolute Gasteiger partial charge is 0.238 e. The maximum atomic E-state index is 5.76. The van der Waals surface area contributed by atoms with Crippen LogP contribution in [0, 0.1) is 13.8 Å². The fourth-order valence-electron chi connectivity index (χ4n) is 1.65. The zero-order chi connectivity index (χ0) is 10.8. The van der Waals surface area contributed by atoms with Gasteiger partial charge in [-0.3, -0.25) is 0 Å². The second kappa shape index (κ2) is 4.07. The van der Waals surface area contributed by atoms with E-state index in [-0.39, 0.29) is 0 Å². The van der Waals surface area contributed by atoms with Crippen LogP contribution >= 0.6 is 11.6 Å². The van der Waals surface area contributed by atoms with E-state index in [1.165, 1.54) is 5.56 Å². The van der Waals surface area contributed by atoms with E-state index in [1.54, 1.807) is 0 Å². The van der Waals surface area contributed by atoms with Crippen LogP contribution < -0.4 is 0 Å². The first-order valence-corrected chi connectivity index (χ1v) is 5.43. The minimum Gasteiger partial charge on any atom is -0.238 e. The first-order valence-electron chi connectivity index (χ1n) is 4.90. The van der Waals surface area contributed by atoms with Gasteiger partial charge in [-0.1, -0.05) is 18.2 Å². The van der Waals surface area contributed by atoms with Gasteiger partial charge in [-0.2, -0.15) is 5.10 Å². The van der Waals surface area contributed by atoms with Crippen molar-refractivity contribution in [2.75, 3.05) is 0 Å². The van der Waals surface area contributed by atoms with Crippen LogP contribution in [0.25, 0.3) is 5.69 Å². The van der Waals surface area contributed by atoms with E-state index in [9.17, 15) is 0 Å².